The van der Waals surface area contributed by atoms with Gasteiger partial charge in [-0.05, 0) is 30.2 Å². The summed E-state index contributed by atoms with van der Waals surface area (Å²) in [5, 5.41) is 1.76. The summed E-state index contributed by atoms with van der Waals surface area (Å²) in [5.74, 6) is -0.0156. The first-order chi connectivity index (χ1) is 12.5. The molecule has 0 radical (unpaired) electrons. The van der Waals surface area contributed by atoms with E-state index in [0.717, 1.165) is 22.0 Å². The number of aryl methyl sites for hydroxylation is 2. The molecule has 4 nitrogen and oxygen atoms in total. The highest BCUT2D eigenvalue weighted by Crippen LogP contribution is 2.26. The van der Waals surface area contributed by atoms with E-state index >= 15 is 0 Å². The molecule has 2 aromatic carbocycles. The van der Waals surface area contributed by atoms with Crippen molar-refractivity contribution in [1.82, 2.24) is 9.47 Å². The zero-order valence-electron chi connectivity index (χ0n) is 15.3. The van der Waals surface area contributed by atoms with Crippen molar-refractivity contribution in [2.45, 2.75) is 13.5 Å². The summed E-state index contributed by atoms with van der Waals surface area (Å²) in [6.45, 7) is 3.42. The first-order valence-corrected chi connectivity index (χ1v) is 8.98. The highest BCUT2D eigenvalue weighted by molar-refractivity contribution is 6.31. The lowest BCUT2D eigenvalue weighted by Gasteiger charge is -2.24. The summed E-state index contributed by atoms with van der Waals surface area (Å²) in [6, 6.07) is 15.7. The number of amides is 1. The predicted octanol–water partition coefficient (Wildman–Crippen LogP) is 4.43. The summed E-state index contributed by atoms with van der Waals surface area (Å²) in [6.07, 6.45) is 0. The maximum absolute atomic E-state index is 13.4. The van der Waals surface area contributed by atoms with Gasteiger partial charge in [-0.1, -0.05) is 48.0 Å². The molecule has 1 amide bonds. The molecule has 1 heterocycles. The average Bonchev–Trinajstić information content (AvgIpc) is 2.91. The Morgan fingerprint density at radius 3 is 2.54 bits per heavy atom. The topological polar surface area (TPSA) is 34.5 Å². The van der Waals surface area contributed by atoms with Gasteiger partial charge in [0.15, 0.2) is 0 Å². The lowest BCUT2D eigenvalue weighted by molar-refractivity contribution is 0.0671. The van der Waals surface area contributed by atoms with E-state index in [1.165, 1.54) is 0 Å². The van der Waals surface area contributed by atoms with Crippen molar-refractivity contribution >= 4 is 28.4 Å². The molecule has 0 spiro atoms. The van der Waals surface area contributed by atoms with Gasteiger partial charge < -0.3 is 14.2 Å². The Morgan fingerprint density at radius 2 is 1.85 bits per heavy atom. The van der Waals surface area contributed by atoms with E-state index in [0.29, 0.717) is 30.4 Å². The minimum atomic E-state index is -0.0156. The highest BCUT2D eigenvalue weighted by atomic mass is 35.5. The van der Waals surface area contributed by atoms with Gasteiger partial charge in [-0.25, -0.2) is 0 Å². The van der Waals surface area contributed by atoms with Crippen LogP contribution in [-0.4, -0.2) is 35.6 Å². The zero-order valence-corrected chi connectivity index (χ0v) is 16.1. The lowest BCUT2D eigenvalue weighted by Crippen LogP contribution is -2.35. The maximum atomic E-state index is 13.4. The van der Waals surface area contributed by atoms with Gasteiger partial charge in [-0.15, -0.1) is 0 Å². The number of fused-ring (bicyclic) bond motifs is 1. The molecule has 0 aliphatic rings. The van der Waals surface area contributed by atoms with Crippen molar-refractivity contribution in [1.29, 1.82) is 0 Å². The number of benzene rings is 2. The quantitative estimate of drug-likeness (QED) is 0.643. The van der Waals surface area contributed by atoms with Crippen molar-refractivity contribution < 1.29 is 9.53 Å². The van der Waals surface area contributed by atoms with Crippen LogP contribution in [0.2, 0.25) is 5.02 Å². The highest BCUT2D eigenvalue weighted by Gasteiger charge is 2.23. The molecular weight excluding hydrogens is 348 g/mol. The second-order valence-corrected chi connectivity index (χ2v) is 6.77. The van der Waals surface area contributed by atoms with E-state index in [2.05, 4.69) is 6.07 Å². The van der Waals surface area contributed by atoms with Crippen LogP contribution in [0.4, 0.5) is 0 Å². The molecule has 0 saturated heterocycles. The molecule has 0 N–H and O–H groups in total. The molecule has 3 rings (SSSR count). The summed E-state index contributed by atoms with van der Waals surface area (Å²) in [7, 11) is 3.58. The van der Waals surface area contributed by atoms with Gasteiger partial charge in [0.25, 0.3) is 5.91 Å². The van der Waals surface area contributed by atoms with Crippen LogP contribution in [0.25, 0.3) is 10.9 Å². The maximum Gasteiger partial charge on any atom is 0.271 e. The predicted molar refractivity (Wildman–Crippen MR) is 106 cm³/mol. The fourth-order valence-electron chi connectivity index (χ4n) is 3.32. The summed E-state index contributed by atoms with van der Waals surface area (Å²) >= 11 is 6.31. The molecule has 0 fully saturated rings. The van der Waals surface area contributed by atoms with Gasteiger partial charge in [-0.3, -0.25) is 4.79 Å². The normalized spacial score (nSPS) is 11.1. The number of ether oxygens (including phenoxy) is 1. The number of para-hydroxylation sites is 1. The van der Waals surface area contributed by atoms with Crippen LogP contribution in [0.5, 0.6) is 0 Å². The minimum absolute atomic E-state index is 0.0156. The van der Waals surface area contributed by atoms with Crippen LogP contribution < -0.4 is 0 Å². The molecule has 3 aromatic rings. The molecule has 136 valence electrons. The molecule has 0 bridgehead atoms. The van der Waals surface area contributed by atoms with Crippen LogP contribution in [0.15, 0.2) is 48.5 Å². The first-order valence-electron chi connectivity index (χ1n) is 8.60. The summed E-state index contributed by atoms with van der Waals surface area (Å²) in [4.78, 5) is 15.2. The second kappa shape index (κ2) is 7.94. The molecule has 0 atom stereocenters. The first kappa shape index (κ1) is 18.5. The Kier molecular flexibility index (Phi) is 5.64. The van der Waals surface area contributed by atoms with E-state index in [9.17, 15) is 4.79 Å². The number of methoxy groups -OCH3 is 1. The number of hydrogen-bond donors (Lipinski definition) is 0. The van der Waals surface area contributed by atoms with Gasteiger partial charge in [-0.2, -0.15) is 0 Å². The number of carbonyl (C=O) groups is 1. The van der Waals surface area contributed by atoms with Crippen molar-refractivity contribution in [3.63, 3.8) is 0 Å². The van der Waals surface area contributed by atoms with Gasteiger partial charge >= 0.3 is 0 Å². The smallest absolute Gasteiger partial charge is 0.271 e. The van der Waals surface area contributed by atoms with Crippen LogP contribution in [-0.2, 0) is 18.3 Å². The van der Waals surface area contributed by atoms with Crippen LogP contribution in [0, 0.1) is 6.92 Å². The van der Waals surface area contributed by atoms with Gasteiger partial charge in [0.1, 0.15) is 5.69 Å². The van der Waals surface area contributed by atoms with Crippen molar-refractivity contribution in [3.8, 4) is 0 Å². The third-order valence-electron chi connectivity index (χ3n) is 4.73. The average molecular weight is 371 g/mol. The number of halogens is 1. The van der Waals surface area contributed by atoms with E-state index in [1.54, 1.807) is 12.0 Å². The molecule has 0 aliphatic carbocycles. The Hall–Kier alpha value is -2.30. The molecule has 0 saturated carbocycles. The van der Waals surface area contributed by atoms with E-state index in [1.807, 2.05) is 61.0 Å². The van der Waals surface area contributed by atoms with E-state index < -0.39 is 0 Å². The lowest BCUT2D eigenvalue weighted by atomic mass is 10.1. The monoisotopic (exact) mass is 370 g/mol. The second-order valence-electron chi connectivity index (χ2n) is 6.36. The third kappa shape index (κ3) is 3.48. The standard InChI is InChI=1S/C21H23ClN2O2/c1-15-17-9-5-7-11-19(17)23(2)20(15)21(25)24(12-13-26-3)14-16-8-4-6-10-18(16)22/h4-11H,12-14H2,1-3H3. The molecule has 5 heteroatoms. The SMILES string of the molecule is COCCN(Cc1ccccc1Cl)C(=O)c1c(C)c2ccccc2n1C. The Balaban J connectivity index is 1.99. The van der Waals surface area contributed by atoms with Gasteiger partial charge in [0.2, 0.25) is 0 Å². The number of hydrogen-bond acceptors (Lipinski definition) is 2. The van der Waals surface area contributed by atoms with Crippen molar-refractivity contribution in [3.05, 3.63) is 70.4 Å². The van der Waals surface area contributed by atoms with E-state index in [4.69, 9.17) is 16.3 Å². The van der Waals surface area contributed by atoms with Crippen molar-refractivity contribution in [2.24, 2.45) is 7.05 Å². The number of rotatable bonds is 6. The van der Waals surface area contributed by atoms with E-state index in [-0.39, 0.29) is 5.91 Å². The fraction of sp³-hybridized carbons (Fsp3) is 0.286. The summed E-state index contributed by atoms with van der Waals surface area (Å²) < 4.78 is 7.18. The molecular formula is C21H23ClN2O2. The van der Waals surface area contributed by atoms with Crippen LogP contribution >= 0.6 is 11.6 Å². The molecule has 0 unspecified atom stereocenters. The largest absolute Gasteiger partial charge is 0.383 e. The van der Waals surface area contributed by atoms with Gasteiger partial charge in [0.05, 0.1) is 6.61 Å². The molecule has 1 aromatic heterocycles. The van der Waals surface area contributed by atoms with Crippen LogP contribution in [0.1, 0.15) is 21.6 Å². The van der Waals surface area contributed by atoms with Crippen LogP contribution in [0.3, 0.4) is 0 Å². The fourth-order valence-corrected chi connectivity index (χ4v) is 3.52. The number of aromatic nitrogens is 1. The molecule has 0 aliphatic heterocycles. The van der Waals surface area contributed by atoms with Crippen molar-refractivity contribution in [2.75, 3.05) is 20.3 Å². The molecule has 26 heavy (non-hydrogen) atoms. The third-order valence-corrected chi connectivity index (χ3v) is 5.10. The Labute approximate surface area is 158 Å². The Morgan fingerprint density at radius 1 is 1.15 bits per heavy atom. The summed E-state index contributed by atoms with van der Waals surface area (Å²) in [5.41, 5.74) is 3.68. The number of carbonyl (C=O) groups excluding carboxylic acids is 1. The minimum Gasteiger partial charge on any atom is -0.383 e. The number of nitrogens with zero attached hydrogens (tertiary/aromatic N) is 2. The Bertz CT molecular complexity index is 894. The zero-order chi connectivity index (χ0) is 18.7. The van der Waals surface area contributed by atoms with Gasteiger partial charge in [0, 0.05) is 43.2 Å².